The van der Waals surface area contributed by atoms with E-state index in [0.717, 1.165) is 18.4 Å². The summed E-state index contributed by atoms with van der Waals surface area (Å²) in [5.41, 5.74) is -0.0103. The fraction of sp³-hybridized carbons (Fsp3) is 0.364. The van der Waals surface area contributed by atoms with E-state index < -0.39 is 39.3 Å². The van der Waals surface area contributed by atoms with Crippen LogP contribution in [0, 0.1) is 10.1 Å². The SMILES string of the molecule is CCNC(=O)[C@H](C)N(Cc1ccccc1Cl)C(=O)CN(c1cc([N+](=O)[O-])ccc1OC)S(C)(=O)=O. The van der Waals surface area contributed by atoms with Crippen molar-refractivity contribution in [3.05, 3.63) is 63.2 Å². The van der Waals surface area contributed by atoms with Crippen LogP contribution in [-0.4, -0.2) is 62.6 Å². The van der Waals surface area contributed by atoms with Crippen LogP contribution >= 0.6 is 11.6 Å². The number of carbonyl (C=O) groups excluding carboxylic acids is 2. The maximum Gasteiger partial charge on any atom is 0.271 e. The molecule has 35 heavy (non-hydrogen) atoms. The average Bonchev–Trinajstić information content (AvgIpc) is 2.80. The molecule has 0 bridgehead atoms. The topological polar surface area (TPSA) is 139 Å². The van der Waals surface area contributed by atoms with Crippen LogP contribution in [0.3, 0.4) is 0 Å². The van der Waals surface area contributed by atoms with Crippen LogP contribution in [0.15, 0.2) is 42.5 Å². The molecule has 11 nitrogen and oxygen atoms in total. The number of hydrogen-bond donors (Lipinski definition) is 1. The van der Waals surface area contributed by atoms with Gasteiger partial charge in [-0.1, -0.05) is 29.8 Å². The molecule has 0 aliphatic rings. The van der Waals surface area contributed by atoms with Gasteiger partial charge in [0.2, 0.25) is 21.8 Å². The van der Waals surface area contributed by atoms with Crippen molar-refractivity contribution in [2.45, 2.75) is 26.4 Å². The molecule has 0 heterocycles. The Bertz CT molecular complexity index is 1210. The highest BCUT2D eigenvalue weighted by Gasteiger charge is 2.32. The minimum absolute atomic E-state index is 0.0169. The molecule has 0 spiro atoms. The van der Waals surface area contributed by atoms with Gasteiger partial charge in [-0.15, -0.1) is 0 Å². The van der Waals surface area contributed by atoms with Gasteiger partial charge < -0.3 is 15.0 Å². The summed E-state index contributed by atoms with van der Waals surface area (Å²) in [6.45, 7) is 2.77. The number of nitro groups is 1. The van der Waals surface area contributed by atoms with Gasteiger partial charge in [0.25, 0.3) is 5.69 Å². The van der Waals surface area contributed by atoms with Crippen molar-refractivity contribution >= 4 is 44.8 Å². The molecule has 0 unspecified atom stereocenters. The highest BCUT2D eigenvalue weighted by molar-refractivity contribution is 7.92. The number of halogens is 1. The Labute approximate surface area is 208 Å². The van der Waals surface area contributed by atoms with Gasteiger partial charge in [-0.25, -0.2) is 8.42 Å². The van der Waals surface area contributed by atoms with Gasteiger partial charge in [-0.05, 0) is 31.5 Å². The number of nitrogens with zero attached hydrogens (tertiary/aromatic N) is 3. The Hall–Kier alpha value is -3.38. The summed E-state index contributed by atoms with van der Waals surface area (Å²) in [4.78, 5) is 37.8. The maximum atomic E-state index is 13.5. The number of benzene rings is 2. The van der Waals surface area contributed by atoms with Crippen molar-refractivity contribution < 1.29 is 27.7 Å². The monoisotopic (exact) mass is 526 g/mol. The maximum absolute atomic E-state index is 13.5. The van der Waals surface area contributed by atoms with Gasteiger partial charge in [-0.3, -0.25) is 24.0 Å². The van der Waals surface area contributed by atoms with E-state index >= 15 is 0 Å². The number of hydrogen-bond acceptors (Lipinski definition) is 7. The number of methoxy groups -OCH3 is 1. The molecular formula is C22H27ClN4O7S. The number of amides is 2. The minimum Gasteiger partial charge on any atom is -0.495 e. The first-order valence-corrected chi connectivity index (χ1v) is 12.7. The molecule has 0 aromatic heterocycles. The average molecular weight is 527 g/mol. The molecule has 0 fully saturated rings. The fourth-order valence-electron chi connectivity index (χ4n) is 3.30. The van der Waals surface area contributed by atoms with E-state index in [2.05, 4.69) is 5.32 Å². The Morgan fingerprint density at radius 2 is 1.89 bits per heavy atom. The largest absolute Gasteiger partial charge is 0.495 e. The third kappa shape index (κ3) is 7.06. The summed E-state index contributed by atoms with van der Waals surface area (Å²) in [6.07, 6.45) is 0.865. The predicted molar refractivity (Wildman–Crippen MR) is 132 cm³/mol. The zero-order chi connectivity index (χ0) is 26.3. The van der Waals surface area contributed by atoms with Gasteiger partial charge in [0.15, 0.2) is 0 Å². The van der Waals surface area contributed by atoms with E-state index in [1.807, 2.05) is 0 Å². The Morgan fingerprint density at radius 3 is 2.43 bits per heavy atom. The summed E-state index contributed by atoms with van der Waals surface area (Å²) >= 11 is 6.25. The molecule has 190 valence electrons. The summed E-state index contributed by atoms with van der Waals surface area (Å²) in [5.74, 6) is -1.14. The van der Waals surface area contributed by atoms with Gasteiger partial charge in [0.1, 0.15) is 24.0 Å². The molecule has 0 saturated carbocycles. The third-order valence-electron chi connectivity index (χ3n) is 5.14. The van der Waals surface area contributed by atoms with E-state index in [1.165, 1.54) is 25.0 Å². The lowest BCUT2D eigenvalue weighted by atomic mass is 10.1. The lowest BCUT2D eigenvalue weighted by Gasteiger charge is -2.31. The van der Waals surface area contributed by atoms with Gasteiger partial charge in [-0.2, -0.15) is 0 Å². The summed E-state index contributed by atoms with van der Waals surface area (Å²) < 4.78 is 31.3. The van der Waals surface area contributed by atoms with Crippen molar-refractivity contribution in [2.24, 2.45) is 0 Å². The zero-order valence-electron chi connectivity index (χ0n) is 19.7. The fourth-order valence-corrected chi connectivity index (χ4v) is 4.34. The molecular weight excluding hydrogens is 500 g/mol. The van der Waals surface area contributed by atoms with E-state index in [1.54, 1.807) is 31.2 Å². The van der Waals surface area contributed by atoms with Crippen LogP contribution in [-0.2, 0) is 26.2 Å². The Balaban J connectivity index is 2.53. The normalized spacial score (nSPS) is 11.9. The molecule has 0 aliphatic carbocycles. The van der Waals surface area contributed by atoms with Crippen molar-refractivity contribution in [1.82, 2.24) is 10.2 Å². The number of ether oxygens (including phenoxy) is 1. The number of sulfonamides is 1. The van der Waals surface area contributed by atoms with Crippen LogP contribution in [0.1, 0.15) is 19.4 Å². The zero-order valence-corrected chi connectivity index (χ0v) is 21.3. The third-order valence-corrected chi connectivity index (χ3v) is 6.63. The second kappa shape index (κ2) is 11.8. The number of nitrogens with one attached hydrogen (secondary N) is 1. The first kappa shape index (κ1) is 27.9. The standard InChI is InChI=1S/C22H27ClN4O7S/c1-5-24-22(29)15(2)25(13-16-8-6-7-9-18(16)23)21(28)14-26(35(4,32)33)19-12-17(27(30)31)10-11-20(19)34-3/h6-12,15H,5,13-14H2,1-4H3,(H,24,29)/t15-/m0/s1. The summed E-state index contributed by atoms with van der Waals surface area (Å²) in [5, 5.41) is 14.3. The summed E-state index contributed by atoms with van der Waals surface area (Å²) in [7, 11) is -2.83. The molecule has 0 aliphatic heterocycles. The smallest absolute Gasteiger partial charge is 0.271 e. The lowest BCUT2D eigenvalue weighted by molar-refractivity contribution is -0.384. The van der Waals surface area contributed by atoms with Crippen molar-refractivity contribution in [3.63, 3.8) is 0 Å². The summed E-state index contributed by atoms with van der Waals surface area (Å²) in [6, 6.07) is 9.20. The van der Waals surface area contributed by atoms with E-state index in [-0.39, 0.29) is 23.7 Å². The van der Waals surface area contributed by atoms with Crippen molar-refractivity contribution in [1.29, 1.82) is 0 Å². The van der Waals surface area contributed by atoms with E-state index in [4.69, 9.17) is 16.3 Å². The number of likely N-dealkylation sites (N-methyl/N-ethyl adjacent to an activating group) is 1. The molecule has 0 saturated heterocycles. The first-order chi connectivity index (χ1) is 16.4. The molecule has 1 N–H and O–H groups in total. The number of nitro benzene ring substituents is 1. The second-order valence-corrected chi connectivity index (χ2v) is 9.88. The molecule has 2 rings (SSSR count). The predicted octanol–water partition coefficient (Wildman–Crippen LogP) is 2.58. The number of rotatable bonds is 11. The highest BCUT2D eigenvalue weighted by atomic mass is 35.5. The molecule has 2 aromatic carbocycles. The van der Waals surface area contributed by atoms with Crippen LogP contribution in [0.4, 0.5) is 11.4 Å². The van der Waals surface area contributed by atoms with Crippen LogP contribution in [0.5, 0.6) is 5.75 Å². The Morgan fingerprint density at radius 1 is 1.23 bits per heavy atom. The first-order valence-electron chi connectivity index (χ1n) is 10.5. The van der Waals surface area contributed by atoms with Crippen molar-refractivity contribution in [3.8, 4) is 5.75 Å². The van der Waals surface area contributed by atoms with E-state index in [0.29, 0.717) is 21.4 Å². The van der Waals surface area contributed by atoms with Gasteiger partial charge >= 0.3 is 0 Å². The van der Waals surface area contributed by atoms with Crippen LogP contribution < -0.4 is 14.4 Å². The quantitative estimate of drug-likeness (QED) is 0.350. The number of anilines is 1. The molecule has 13 heteroatoms. The van der Waals surface area contributed by atoms with E-state index in [9.17, 15) is 28.1 Å². The van der Waals surface area contributed by atoms with Gasteiger partial charge in [0.05, 0.1) is 18.3 Å². The molecule has 2 aromatic rings. The highest BCUT2D eigenvalue weighted by Crippen LogP contribution is 2.34. The molecule has 0 radical (unpaired) electrons. The van der Waals surface area contributed by atoms with Crippen LogP contribution in [0.2, 0.25) is 5.02 Å². The Kier molecular flexibility index (Phi) is 9.43. The van der Waals surface area contributed by atoms with Gasteiger partial charge in [0, 0.05) is 30.2 Å². The number of carbonyl (C=O) groups is 2. The second-order valence-electron chi connectivity index (χ2n) is 7.57. The minimum atomic E-state index is -4.10. The number of non-ortho nitro benzene ring substituents is 1. The van der Waals surface area contributed by atoms with Crippen molar-refractivity contribution in [2.75, 3.05) is 30.8 Å². The lowest BCUT2D eigenvalue weighted by Crippen LogP contribution is -2.51. The molecule has 1 atom stereocenters. The molecule has 2 amide bonds. The van der Waals surface area contributed by atoms with Crippen LogP contribution in [0.25, 0.3) is 0 Å².